The van der Waals surface area contributed by atoms with E-state index in [0.717, 1.165) is 43.2 Å². The fourth-order valence-electron chi connectivity index (χ4n) is 4.20. The van der Waals surface area contributed by atoms with Crippen LogP contribution in [0.1, 0.15) is 48.0 Å². The lowest BCUT2D eigenvalue weighted by Gasteiger charge is -2.38. The third kappa shape index (κ3) is 4.41. The van der Waals surface area contributed by atoms with Gasteiger partial charge in [0, 0.05) is 34.4 Å². The molecule has 0 saturated heterocycles. The van der Waals surface area contributed by atoms with Gasteiger partial charge in [0.25, 0.3) is 5.91 Å². The van der Waals surface area contributed by atoms with Gasteiger partial charge in [-0.3, -0.25) is 4.79 Å². The number of carbonyl (C=O) groups excluding carboxylic acids is 2. The number of aromatic nitrogens is 1. The van der Waals surface area contributed by atoms with Crippen molar-refractivity contribution < 1.29 is 9.59 Å². The number of benzene rings is 2. The van der Waals surface area contributed by atoms with Gasteiger partial charge in [-0.15, -0.1) is 0 Å². The van der Waals surface area contributed by atoms with E-state index in [2.05, 4.69) is 5.43 Å². The molecule has 0 spiro atoms. The minimum Gasteiger partial charge on any atom is -0.316 e. The highest BCUT2D eigenvalue weighted by Gasteiger charge is 2.50. The summed E-state index contributed by atoms with van der Waals surface area (Å²) in [6.07, 6.45) is 4.64. The van der Waals surface area contributed by atoms with Gasteiger partial charge < -0.3 is 5.73 Å². The van der Waals surface area contributed by atoms with Crippen LogP contribution in [0.5, 0.6) is 0 Å². The second-order valence-corrected chi connectivity index (χ2v) is 9.45. The number of nitrogens with one attached hydrogen (secondary N) is 1. The molecule has 2 aromatic carbocycles. The molecule has 0 aliphatic heterocycles. The topological polar surface area (TPSA) is 85.1 Å². The SMILES string of the molecule is Cc1ccc(C(=O)N[N+](C(N)=O)(c2nc(-c3ccc(Cl)cc3)cs2)C2CCCCC2)cc1. The minimum absolute atomic E-state index is 0.167. The summed E-state index contributed by atoms with van der Waals surface area (Å²) in [6.45, 7) is 1.96. The average molecular weight is 470 g/mol. The van der Waals surface area contributed by atoms with Crippen LogP contribution in [0.15, 0.2) is 53.9 Å². The van der Waals surface area contributed by atoms with Crippen LogP contribution in [-0.2, 0) is 0 Å². The average Bonchev–Trinajstić information content (AvgIpc) is 3.29. The third-order valence-corrected chi connectivity index (χ3v) is 7.18. The van der Waals surface area contributed by atoms with Crippen LogP contribution < -0.4 is 15.8 Å². The van der Waals surface area contributed by atoms with Crippen molar-refractivity contribution in [2.24, 2.45) is 5.73 Å². The van der Waals surface area contributed by atoms with Gasteiger partial charge in [0.05, 0.1) is 5.69 Å². The number of urea groups is 1. The number of nitrogens with two attached hydrogens (primary N) is 1. The number of primary amides is 1. The Morgan fingerprint density at radius 1 is 1.06 bits per heavy atom. The summed E-state index contributed by atoms with van der Waals surface area (Å²) in [5, 5.41) is 2.99. The fourth-order valence-corrected chi connectivity index (χ4v) is 5.34. The van der Waals surface area contributed by atoms with Crippen molar-refractivity contribution in [1.82, 2.24) is 15.0 Å². The first kappa shape index (κ1) is 22.5. The molecule has 4 rings (SSSR count). The number of thiazole rings is 1. The van der Waals surface area contributed by atoms with Crippen molar-refractivity contribution in [3.63, 3.8) is 0 Å². The summed E-state index contributed by atoms with van der Waals surface area (Å²) in [6, 6.07) is 13.8. The molecule has 1 atom stereocenters. The zero-order valence-electron chi connectivity index (χ0n) is 17.9. The number of nitrogens with zero attached hydrogens (tertiary/aromatic N) is 2. The maximum atomic E-state index is 13.2. The van der Waals surface area contributed by atoms with Gasteiger partial charge in [-0.2, -0.15) is 10.4 Å². The van der Waals surface area contributed by atoms with Gasteiger partial charge in [0.15, 0.2) is 0 Å². The van der Waals surface area contributed by atoms with E-state index in [1.54, 1.807) is 24.3 Å². The monoisotopic (exact) mass is 469 g/mol. The van der Waals surface area contributed by atoms with Crippen molar-refractivity contribution >= 4 is 40.0 Å². The normalized spacial score (nSPS) is 16.3. The molecule has 3 aromatic rings. The molecule has 1 unspecified atom stereocenters. The van der Waals surface area contributed by atoms with Crippen LogP contribution in [0.3, 0.4) is 0 Å². The molecule has 0 radical (unpaired) electrons. The number of rotatable bonds is 4. The molecular weight excluding hydrogens is 444 g/mol. The van der Waals surface area contributed by atoms with E-state index in [9.17, 15) is 9.59 Å². The van der Waals surface area contributed by atoms with Crippen LogP contribution >= 0.6 is 22.9 Å². The van der Waals surface area contributed by atoms with E-state index in [0.29, 0.717) is 21.4 Å². The molecule has 3 amide bonds. The van der Waals surface area contributed by atoms with Crippen molar-refractivity contribution in [1.29, 1.82) is 0 Å². The fraction of sp³-hybridized carbons (Fsp3) is 0.292. The summed E-state index contributed by atoms with van der Waals surface area (Å²) in [5.41, 5.74) is 12.1. The molecule has 1 fully saturated rings. The molecule has 1 aromatic heterocycles. The van der Waals surface area contributed by atoms with Gasteiger partial charge in [-0.1, -0.05) is 63.8 Å². The van der Waals surface area contributed by atoms with E-state index in [4.69, 9.17) is 22.3 Å². The molecule has 1 heterocycles. The number of halogens is 1. The third-order valence-electron chi connectivity index (χ3n) is 6.00. The summed E-state index contributed by atoms with van der Waals surface area (Å²) < 4.78 is -0.467. The maximum absolute atomic E-state index is 13.2. The highest BCUT2D eigenvalue weighted by atomic mass is 35.5. The molecule has 8 heteroatoms. The second-order valence-electron chi connectivity index (χ2n) is 8.18. The first-order chi connectivity index (χ1) is 15.4. The van der Waals surface area contributed by atoms with Crippen LogP contribution in [-0.4, -0.2) is 23.0 Å². The summed E-state index contributed by atoms with van der Waals surface area (Å²) in [5.74, 6) is -0.349. The van der Waals surface area contributed by atoms with Crippen LogP contribution in [0.2, 0.25) is 5.02 Å². The minimum atomic E-state index is -0.630. The molecule has 1 saturated carbocycles. The van der Waals surface area contributed by atoms with Crippen LogP contribution in [0.25, 0.3) is 11.3 Å². The Hall–Kier alpha value is -2.74. The molecule has 166 valence electrons. The Morgan fingerprint density at radius 2 is 1.72 bits per heavy atom. The number of aryl methyl sites for hydroxylation is 1. The van der Waals surface area contributed by atoms with Crippen molar-refractivity contribution in [2.75, 3.05) is 0 Å². The molecule has 6 nitrogen and oxygen atoms in total. The molecule has 3 N–H and O–H groups in total. The highest BCUT2D eigenvalue weighted by molar-refractivity contribution is 7.14. The summed E-state index contributed by atoms with van der Waals surface area (Å²) >= 11 is 7.35. The molecular formula is C24H26ClN4O2S+. The molecule has 0 bridgehead atoms. The van der Waals surface area contributed by atoms with Gasteiger partial charge in [0.1, 0.15) is 6.04 Å². The molecule has 32 heavy (non-hydrogen) atoms. The number of amides is 3. The summed E-state index contributed by atoms with van der Waals surface area (Å²) in [7, 11) is 0. The Morgan fingerprint density at radius 3 is 2.34 bits per heavy atom. The first-order valence-corrected chi connectivity index (χ1v) is 12.0. The highest BCUT2D eigenvalue weighted by Crippen LogP contribution is 2.37. The number of quaternary nitrogens is 1. The standard InChI is InChI=1S/C24H25ClN4O2S/c1-16-7-9-18(10-8-16)22(30)28-29(23(26)31,20-5-3-2-4-6-20)24-27-21(15-32-24)17-11-13-19(25)14-12-17/h7-15,20H,2-6H2,1H3,(H2-,26,28,30,31)/p+1. The van der Waals surface area contributed by atoms with E-state index >= 15 is 0 Å². The maximum Gasteiger partial charge on any atom is 0.446 e. The Balaban J connectivity index is 1.76. The van der Waals surface area contributed by atoms with Gasteiger partial charge >= 0.3 is 11.2 Å². The predicted molar refractivity (Wildman–Crippen MR) is 129 cm³/mol. The molecule has 1 aliphatic rings. The van der Waals surface area contributed by atoms with Crippen LogP contribution in [0, 0.1) is 6.92 Å². The smallest absolute Gasteiger partial charge is 0.316 e. The van der Waals surface area contributed by atoms with Crippen LogP contribution in [0.4, 0.5) is 9.93 Å². The quantitative estimate of drug-likeness (QED) is 0.372. The molecule has 1 aliphatic carbocycles. The van der Waals surface area contributed by atoms with E-state index in [1.807, 2.05) is 36.6 Å². The first-order valence-electron chi connectivity index (χ1n) is 10.7. The predicted octanol–water partition coefficient (Wildman–Crippen LogP) is 5.84. The number of hydrogen-bond acceptors (Lipinski definition) is 4. The largest absolute Gasteiger partial charge is 0.446 e. The Labute approximate surface area is 196 Å². The lowest BCUT2D eigenvalue weighted by molar-refractivity contribution is 0.0743. The van der Waals surface area contributed by atoms with E-state index in [1.165, 1.54) is 11.3 Å². The van der Waals surface area contributed by atoms with Crippen molar-refractivity contribution in [3.8, 4) is 11.3 Å². The van der Waals surface area contributed by atoms with Gasteiger partial charge in [-0.05, 0) is 44.0 Å². The lowest BCUT2D eigenvalue weighted by Crippen LogP contribution is -2.72. The lowest BCUT2D eigenvalue weighted by atomic mass is 9.94. The second kappa shape index (κ2) is 9.40. The zero-order chi connectivity index (χ0) is 22.7. The van der Waals surface area contributed by atoms with E-state index in [-0.39, 0.29) is 11.9 Å². The Kier molecular flexibility index (Phi) is 6.60. The van der Waals surface area contributed by atoms with Gasteiger partial charge in [0.2, 0.25) is 0 Å². The number of hydrogen-bond donors (Lipinski definition) is 2. The summed E-state index contributed by atoms with van der Waals surface area (Å²) in [4.78, 5) is 31.1. The van der Waals surface area contributed by atoms with E-state index < -0.39 is 10.6 Å². The van der Waals surface area contributed by atoms with Gasteiger partial charge in [-0.25, -0.2) is 4.79 Å². The van der Waals surface area contributed by atoms with Crippen molar-refractivity contribution in [3.05, 3.63) is 70.1 Å². The zero-order valence-corrected chi connectivity index (χ0v) is 19.5. The van der Waals surface area contributed by atoms with Crippen molar-refractivity contribution in [2.45, 2.75) is 45.1 Å². The number of carbonyl (C=O) groups is 2. The Bertz CT molecular complexity index is 1110.